The molecule has 3 aromatic rings. The van der Waals surface area contributed by atoms with Crippen molar-refractivity contribution in [2.45, 2.75) is 52.4 Å². The van der Waals surface area contributed by atoms with Crippen molar-refractivity contribution < 1.29 is 18.7 Å². The number of H-pyrrole nitrogens is 1. The van der Waals surface area contributed by atoms with E-state index >= 15 is 0 Å². The van der Waals surface area contributed by atoms with Crippen LogP contribution in [0.2, 0.25) is 0 Å². The molecule has 2 aliphatic carbocycles. The van der Waals surface area contributed by atoms with Crippen molar-refractivity contribution in [3.63, 3.8) is 0 Å². The lowest BCUT2D eigenvalue weighted by molar-refractivity contribution is 0.0560. The van der Waals surface area contributed by atoms with Crippen molar-refractivity contribution in [1.82, 2.24) is 4.98 Å². The topological polar surface area (TPSA) is 64.5 Å². The molecular formula is C28H29NO4. The summed E-state index contributed by atoms with van der Waals surface area (Å²) in [6.45, 7) is 6.57. The van der Waals surface area contributed by atoms with Gasteiger partial charge in [-0.15, -0.1) is 0 Å². The van der Waals surface area contributed by atoms with Gasteiger partial charge in [-0.2, -0.15) is 0 Å². The first-order chi connectivity index (χ1) is 15.9. The molecule has 1 N–H and O–H groups in total. The first kappa shape index (κ1) is 21.4. The van der Waals surface area contributed by atoms with Gasteiger partial charge in [-0.3, -0.25) is 0 Å². The van der Waals surface area contributed by atoms with Gasteiger partial charge in [-0.05, 0) is 86.4 Å². The van der Waals surface area contributed by atoms with Crippen LogP contribution >= 0.6 is 0 Å². The van der Waals surface area contributed by atoms with E-state index in [4.69, 9.17) is 13.9 Å². The average Bonchev–Trinajstić information content (AvgIpc) is 3.42. The number of carbonyl (C=O) groups is 1. The van der Waals surface area contributed by atoms with Crippen molar-refractivity contribution >= 4 is 17.8 Å². The Morgan fingerprint density at radius 3 is 2.73 bits per heavy atom. The second kappa shape index (κ2) is 8.47. The molecule has 1 aromatic carbocycles. The minimum atomic E-state index is -0.524. The Kier molecular flexibility index (Phi) is 5.49. The summed E-state index contributed by atoms with van der Waals surface area (Å²) in [6.07, 6.45) is 10.8. The molecule has 5 heteroatoms. The van der Waals surface area contributed by atoms with Crippen LogP contribution in [0.25, 0.3) is 11.8 Å². The predicted molar refractivity (Wildman–Crippen MR) is 128 cm³/mol. The largest absolute Gasteiger partial charge is 0.463 e. The number of aryl methyl sites for hydroxylation is 3. The lowest BCUT2D eigenvalue weighted by atomic mass is 9.83. The van der Waals surface area contributed by atoms with Crippen LogP contribution in [0.4, 0.5) is 0 Å². The SMILES string of the molecule is COC(=O)c1ccc(OC2=c3[nH]c4c(c3C(Cc3c(C)cc(C)cc3C)C=C2)CCCC=4)o1. The van der Waals surface area contributed by atoms with E-state index in [9.17, 15) is 4.79 Å². The molecule has 5 nitrogen and oxygen atoms in total. The van der Waals surface area contributed by atoms with Gasteiger partial charge in [0, 0.05) is 17.3 Å². The molecule has 2 heterocycles. The monoisotopic (exact) mass is 443 g/mol. The molecule has 0 radical (unpaired) electrons. The van der Waals surface area contributed by atoms with Crippen LogP contribution in [0.15, 0.2) is 40.8 Å². The zero-order chi connectivity index (χ0) is 23.1. The maximum Gasteiger partial charge on any atom is 0.374 e. The maximum absolute atomic E-state index is 11.7. The van der Waals surface area contributed by atoms with Crippen LogP contribution in [-0.4, -0.2) is 18.1 Å². The highest BCUT2D eigenvalue weighted by molar-refractivity contribution is 5.86. The Balaban J connectivity index is 1.57. The van der Waals surface area contributed by atoms with Crippen molar-refractivity contribution in [2.24, 2.45) is 0 Å². The van der Waals surface area contributed by atoms with E-state index < -0.39 is 5.97 Å². The Morgan fingerprint density at radius 2 is 1.97 bits per heavy atom. The summed E-state index contributed by atoms with van der Waals surface area (Å²) in [5.74, 6) is 0.827. The number of methoxy groups -OCH3 is 1. The fourth-order valence-electron chi connectivity index (χ4n) is 5.23. The van der Waals surface area contributed by atoms with Gasteiger partial charge in [0.05, 0.1) is 12.5 Å². The second-order valence-corrected chi connectivity index (χ2v) is 9.03. The third kappa shape index (κ3) is 3.92. The summed E-state index contributed by atoms with van der Waals surface area (Å²) in [7, 11) is 1.33. The van der Waals surface area contributed by atoms with Crippen LogP contribution in [0.3, 0.4) is 0 Å². The lowest BCUT2D eigenvalue weighted by Crippen LogP contribution is -2.23. The zero-order valence-electron chi connectivity index (χ0n) is 19.6. The minimum Gasteiger partial charge on any atom is -0.463 e. The maximum atomic E-state index is 11.7. The molecule has 0 fully saturated rings. The van der Waals surface area contributed by atoms with Gasteiger partial charge in [0.2, 0.25) is 5.76 Å². The van der Waals surface area contributed by atoms with Crippen molar-refractivity contribution in [1.29, 1.82) is 0 Å². The number of carbonyl (C=O) groups excluding carboxylic acids is 1. The Bertz CT molecular complexity index is 1360. The van der Waals surface area contributed by atoms with Crippen LogP contribution < -0.4 is 15.4 Å². The smallest absolute Gasteiger partial charge is 0.374 e. The number of aromatic nitrogens is 1. The standard InChI is InChI=1S/C28H29NO4/c1-16-13-17(2)21(18(3)14-16)15-19-9-10-23(32-25-12-11-24(33-25)28(30)31-4)27-26(19)20-7-5-6-8-22(20)29-27/h8-14,19,29H,5-7,15H2,1-4H3. The van der Waals surface area contributed by atoms with Crippen molar-refractivity contribution in [3.05, 3.63) is 86.3 Å². The van der Waals surface area contributed by atoms with Gasteiger partial charge in [0.1, 0.15) is 0 Å². The molecular weight excluding hydrogens is 414 g/mol. The second-order valence-electron chi connectivity index (χ2n) is 9.03. The van der Waals surface area contributed by atoms with E-state index in [0.29, 0.717) is 5.76 Å². The quantitative estimate of drug-likeness (QED) is 0.589. The van der Waals surface area contributed by atoms with E-state index in [0.717, 1.165) is 31.0 Å². The fourth-order valence-corrected chi connectivity index (χ4v) is 5.23. The van der Waals surface area contributed by atoms with Gasteiger partial charge in [-0.1, -0.05) is 29.8 Å². The average molecular weight is 444 g/mol. The molecule has 5 rings (SSSR count). The third-order valence-corrected chi connectivity index (χ3v) is 6.70. The predicted octanol–water partition coefficient (Wildman–Crippen LogP) is 4.52. The van der Waals surface area contributed by atoms with Gasteiger partial charge in [0.15, 0.2) is 5.76 Å². The highest BCUT2D eigenvalue weighted by Gasteiger charge is 2.26. The lowest BCUT2D eigenvalue weighted by Gasteiger charge is -2.22. The van der Waals surface area contributed by atoms with Crippen LogP contribution in [0.1, 0.15) is 62.7 Å². The number of esters is 1. The highest BCUT2D eigenvalue weighted by atomic mass is 16.6. The number of benzene rings is 1. The summed E-state index contributed by atoms with van der Waals surface area (Å²) in [5.41, 5.74) is 8.11. The third-order valence-electron chi connectivity index (χ3n) is 6.70. The zero-order valence-corrected chi connectivity index (χ0v) is 19.6. The summed E-state index contributed by atoms with van der Waals surface area (Å²) >= 11 is 0. The molecule has 1 unspecified atom stereocenters. The first-order valence-electron chi connectivity index (χ1n) is 11.5. The number of hydrogen-bond acceptors (Lipinski definition) is 4. The van der Waals surface area contributed by atoms with Crippen molar-refractivity contribution in [3.8, 4) is 5.95 Å². The van der Waals surface area contributed by atoms with E-state index in [2.05, 4.69) is 50.0 Å². The van der Waals surface area contributed by atoms with Crippen molar-refractivity contribution in [2.75, 3.05) is 7.11 Å². The first-order valence-corrected chi connectivity index (χ1v) is 11.5. The molecule has 170 valence electrons. The molecule has 0 bridgehead atoms. The summed E-state index contributed by atoms with van der Waals surface area (Å²) < 4.78 is 16.4. The van der Waals surface area contributed by atoms with Gasteiger partial charge >= 0.3 is 5.97 Å². The number of rotatable bonds is 5. The van der Waals surface area contributed by atoms with E-state index in [-0.39, 0.29) is 17.6 Å². The molecule has 0 saturated carbocycles. The van der Waals surface area contributed by atoms with Gasteiger partial charge < -0.3 is 18.9 Å². The van der Waals surface area contributed by atoms with Crippen LogP contribution in [-0.2, 0) is 17.6 Å². The number of nitrogens with one attached hydrogen (secondary N) is 1. The number of allylic oxidation sites excluding steroid dienone is 1. The summed E-state index contributed by atoms with van der Waals surface area (Å²) in [6, 6.07) is 7.75. The van der Waals surface area contributed by atoms with Gasteiger partial charge in [-0.25, -0.2) is 4.79 Å². The Hall–Kier alpha value is -3.47. The van der Waals surface area contributed by atoms with Gasteiger partial charge in [0.25, 0.3) is 5.95 Å². The number of fused-ring (bicyclic) bond motifs is 3. The molecule has 0 saturated heterocycles. The molecule has 2 aromatic heterocycles. The number of aromatic amines is 1. The molecule has 0 aliphatic heterocycles. The van der Waals surface area contributed by atoms with Crippen LogP contribution in [0, 0.1) is 20.8 Å². The molecule has 0 amide bonds. The normalized spacial score (nSPS) is 16.7. The molecule has 0 spiro atoms. The summed E-state index contributed by atoms with van der Waals surface area (Å²) in [4.78, 5) is 15.4. The molecule has 33 heavy (non-hydrogen) atoms. The summed E-state index contributed by atoms with van der Waals surface area (Å²) in [5, 5.41) is 2.21. The number of ether oxygens (including phenoxy) is 2. The molecule has 2 aliphatic rings. The van der Waals surface area contributed by atoms with Crippen LogP contribution in [0.5, 0.6) is 5.95 Å². The van der Waals surface area contributed by atoms with E-state index in [1.165, 1.54) is 45.8 Å². The number of furan rings is 1. The molecule has 1 atom stereocenters. The van der Waals surface area contributed by atoms with E-state index in [1.807, 2.05) is 6.08 Å². The fraction of sp³-hybridized carbons (Fsp3) is 0.321. The Morgan fingerprint density at radius 1 is 1.18 bits per heavy atom. The van der Waals surface area contributed by atoms with E-state index in [1.54, 1.807) is 12.1 Å². The highest BCUT2D eigenvalue weighted by Crippen LogP contribution is 2.31. The Labute approximate surface area is 193 Å². The minimum absolute atomic E-state index is 0.121. The number of hydrogen-bond donors (Lipinski definition) is 1.